The van der Waals surface area contributed by atoms with Crippen molar-refractivity contribution in [2.75, 3.05) is 0 Å². The van der Waals surface area contributed by atoms with Gasteiger partial charge in [0.1, 0.15) is 5.75 Å². The number of ether oxygens (including phenoxy) is 1. The number of fused-ring (bicyclic) bond motifs is 1. The van der Waals surface area contributed by atoms with Gasteiger partial charge in [0.05, 0.1) is 6.26 Å². The van der Waals surface area contributed by atoms with Crippen molar-refractivity contribution in [1.29, 1.82) is 0 Å². The molecule has 3 heteroatoms. The Hall–Kier alpha value is -2.03. The summed E-state index contributed by atoms with van der Waals surface area (Å²) in [7, 11) is 0. The first-order valence-corrected chi connectivity index (χ1v) is 4.60. The molecule has 0 atom stereocenters. The summed E-state index contributed by atoms with van der Waals surface area (Å²) < 4.78 is 5.36. The fourth-order valence-electron chi connectivity index (χ4n) is 1.44. The summed E-state index contributed by atoms with van der Waals surface area (Å²) in [5, 5.41) is 8.48. The van der Waals surface area contributed by atoms with E-state index in [-0.39, 0.29) is 0 Å². The van der Waals surface area contributed by atoms with Crippen LogP contribution in [0.5, 0.6) is 5.75 Å². The molecule has 0 spiro atoms. The fraction of sp³-hybridized carbons (Fsp3) is 0.0833. The van der Waals surface area contributed by atoms with Gasteiger partial charge < -0.3 is 9.84 Å². The van der Waals surface area contributed by atoms with Gasteiger partial charge in [0.25, 0.3) is 0 Å². The number of para-hydroxylation sites is 1. The van der Waals surface area contributed by atoms with E-state index in [9.17, 15) is 4.79 Å². The second-order valence-corrected chi connectivity index (χ2v) is 3.27. The quantitative estimate of drug-likeness (QED) is 0.747. The van der Waals surface area contributed by atoms with Crippen LogP contribution in [-0.2, 0) is 11.2 Å². The Morgan fingerprint density at radius 1 is 1.40 bits per heavy atom. The fourth-order valence-corrected chi connectivity index (χ4v) is 1.44. The Kier molecular flexibility index (Phi) is 2.54. The van der Waals surface area contributed by atoms with E-state index in [1.54, 1.807) is 12.3 Å². The molecule has 0 fully saturated rings. The molecule has 1 aliphatic rings. The summed E-state index contributed by atoms with van der Waals surface area (Å²) in [6.07, 6.45) is 4.96. The Labute approximate surface area is 87.3 Å². The molecule has 0 aliphatic carbocycles. The highest BCUT2D eigenvalue weighted by atomic mass is 16.5. The van der Waals surface area contributed by atoms with E-state index in [0.29, 0.717) is 6.42 Å². The van der Waals surface area contributed by atoms with E-state index in [4.69, 9.17) is 9.84 Å². The molecule has 1 N–H and O–H groups in total. The van der Waals surface area contributed by atoms with E-state index in [0.717, 1.165) is 23.0 Å². The molecule has 1 aromatic carbocycles. The van der Waals surface area contributed by atoms with Crippen molar-refractivity contribution in [3.05, 3.63) is 53.8 Å². The predicted octanol–water partition coefficient (Wildman–Crippen LogP) is 2.15. The van der Waals surface area contributed by atoms with Crippen LogP contribution in [0.4, 0.5) is 0 Å². The number of hydrogen-bond donors (Lipinski definition) is 1. The van der Waals surface area contributed by atoms with Crippen LogP contribution in [0, 0.1) is 0 Å². The molecule has 3 nitrogen and oxygen atoms in total. The van der Waals surface area contributed by atoms with Crippen LogP contribution < -0.4 is 4.74 Å². The van der Waals surface area contributed by atoms with Crippen LogP contribution in [-0.4, -0.2) is 11.1 Å². The molecule has 0 bridgehead atoms. The van der Waals surface area contributed by atoms with Gasteiger partial charge >= 0.3 is 5.97 Å². The summed E-state index contributed by atoms with van der Waals surface area (Å²) in [6, 6.07) is 7.71. The van der Waals surface area contributed by atoms with Crippen molar-refractivity contribution >= 4 is 5.97 Å². The number of carbonyl (C=O) groups is 1. The van der Waals surface area contributed by atoms with Gasteiger partial charge in [-0.3, -0.25) is 0 Å². The average Bonchev–Trinajstić information content (AvgIpc) is 2.26. The van der Waals surface area contributed by atoms with Crippen molar-refractivity contribution in [3.63, 3.8) is 0 Å². The third-order valence-corrected chi connectivity index (χ3v) is 2.14. The minimum Gasteiger partial charge on any atom is -0.478 e. The Balaban J connectivity index is 2.16. The number of benzene rings is 1. The first kappa shape index (κ1) is 9.52. The maximum absolute atomic E-state index is 10.3. The molecule has 1 heterocycles. The van der Waals surface area contributed by atoms with Gasteiger partial charge in [0.2, 0.25) is 0 Å². The maximum atomic E-state index is 10.3. The minimum absolute atomic E-state index is 0.708. The van der Waals surface area contributed by atoms with Crippen LogP contribution in [0.15, 0.2) is 48.3 Å². The third kappa shape index (κ3) is 2.26. The highest BCUT2D eigenvalue weighted by Crippen LogP contribution is 2.26. The van der Waals surface area contributed by atoms with E-state index < -0.39 is 5.97 Å². The standard InChI is InChI=1S/C12H10O3/c13-12(14)6-5-9-7-10-3-1-2-4-11(10)15-8-9/h1-6,8H,7H2,(H,13,14). The van der Waals surface area contributed by atoms with Gasteiger partial charge in [0.15, 0.2) is 0 Å². The lowest BCUT2D eigenvalue weighted by molar-refractivity contribution is -0.131. The third-order valence-electron chi connectivity index (χ3n) is 2.14. The molecular weight excluding hydrogens is 192 g/mol. The molecule has 0 radical (unpaired) electrons. The first-order chi connectivity index (χ1) is 7.25. The van der Waals surface area contributed by atoms with E-state index in [1.807, 2.05) is 24.3 Å². The van der Waals surface area contributed by atoms with Crippen LogP contribution >= 0.6 is 0 Å². The number of allylic oxidation sites excluding steroid dienone is 2. The van der Waals surface area contributed by atoms with Crippen LogP contribution in [0.2, 0.25) is 0 Å². The molecule has 0 unspecified atom stereocenters. The van der Waals surface area contributed by atoms with Crippen molar-refractivity contribution < 1.29 is 14.6 Å². The lowest BCUT2D eigenvalue weighted by atomic mass is 10.0. The monoisotopic (exact) mass is 202 g/mol. The Bertz CT molecular complexity index is 444. The Morgan fingerprint density at radius 2 is 2.20 bits per heavy atom. The average molecular weight is 202 g/mol. The van der Waals surface area contributed by atoms with Crippen LogP contribution in [0.1, 0.15) is 5.56 Å². The second-order valence-electron chi connectivity index (χ2n) is 3.27. The topological polar surface area (TPSA) is 46.5 Å². The SMILES string of the molecule is O=C(O)C=CC1=COc2ccccc2C1. The first-order valence-electron chi connectivity index (χ1n) is 4.60. The molecular formula is C12H10O3. The molecule has 2 rings (SSSR count). The lowest BCUT2D eigenvalue weighted by Crippen LogP contribution is -2.01. The molecule has 1 aromatic rings. The summed E-state index contributed by atoms with van der Waals surface area (Å²) >= 11 is 0. The number of rotatable bonds is 2. The van der Waals surface area contributed by atoms with E-state index in [2.05, 4.69) is 0 Å². The van der Waals surface area contributed by atoms with E-state index >= 15 is 0 Å². The van der Waals surface area contributed by atoms with Gasteiger partial charge in [-0.25, -0.2) is 4.79 Å². The zero-order valence-corrected chi connectivity index (χ0v) is 8.01. The Morgan fingerprint density at radius 3 is 3.00 bits per heavy atom. The van der Waals surface area contributed by atoms with Crippen molar-refractivity contribution in [2.24, 2.45) is 0 Å². The predicted molar refractivity (Wildman–Crippen MR) is 55.6 cm³/mol. The molecule has 0 aromatic heterocycles. The van der Waals surface area contributed by atoms with Crippen molar-refractivity contribution in [3.8, 4) is 5.75 Å². The highest BCUT2D eigenvalue weighted by molar-refractivity contribution is 5.80. The van der Waals surface area contributed by atoms with Crippen molar-refractivity contribution in [2.45, 2.75) is 6.42 Å². The van der Waals surface area contributed by atoms with Gasteiger partial charge in [0, 0.05) is 12.5 Å². The smallest absolute Gasteiger partial charge is 0.328 e. The molecule has 15 heavy (non-hydrogen) atoms. The number of aliphatic carboxylic acids is 1. The summed E-state index contributed by atoms with van der Waals surface area (Å²) in [4.78, 5) is 10.3. The zero-order valence-electron chi connectivity index (χ0n) is 8.01. The molecule has 0 saturated carbocycles. The van der Waals surface area contributed by atoms with Gasteiger partial charge in [-0.1, -0.05) is 18.2 Å². The summed E-state index contributed by atoms with van der Waals surface area (Å²) in [6.45, 7) is 0. The zero-order chi connectivity index (χ0) is 10.7. The summed E-state index contributed by atoms with van der Waals surface area (Å²) in [5.74, 6) is -0.111. The van der Waals surface area contributed by atoms with Crippen LogP contribution in [0.25, 0.3) is 0 Å². The molecule has 1 aliphatic heterocycles. The molecule has 76 valence electrons. The molecule has 0 saturated heterocycles. The number of hydrogen-bond acceptors (Lipinski definition) is 2. The van der Waals surface area contributed by atoms with Crippen LogP contribution in [0.3, 0.4) is 0 Å². The minimum atomic E-state index is -0.949. The molecule has 0 amide bonds. The van der Waals surface area contributed by atoms with Gasteiger partial charge in [-0.05, 0) is 23.3 Å². The van der Waals surface area contributed by atoms with Gasteiger partial charge in [-0.15, -0.1) is 0 Å². The van der Waals surface area contributed by atoms with E-state index in [1.165, 1.54) is 0 Å². The second kappa shape index (κ2) is 4.00. The lowest BCUT2D eigenvalue weighted by Gasteiger charge is -2.14. The number of carboxylic acids is 1. The number of carboxylic acid groups (broad SMARTS) is 1. The maximum Gasteiger partial charge on any atom is 0.328 e. The van der Waals surface area contributed by atoms with Crippen molar-refractivity contribution in [1.82, 2.24) is 0 Å². The summed E-state index contributed by atoms with van der Waals surface area (Å²) in [5.41, 5.74) is 1.93. The normalized spacial score (nSPS) is 14.3. The largest absolute Gasteiger partial charge is 0.478 e. The van der Waals surface area contributed by atoms with Gasteiger partial charge in [-0.2, -0.15) is 0 Å². The highest BCUT2D eigenvalue weighted by Gasteiger charge is 2.09.